The lowest BCUT2D eigenvalue weighted by atomic mass is 9.98. The Kier molecular flexibility index (Phi) is 8.09. The van der Waals surface area contributed by atoms with Crippen LogP contribution in [0.15, 0.2) is 48.5 Å². The zero-order valence-electron chi connectivity index (χ0n) is 13.8. The van der Waals surface area contributed by atoms with Crippen molar-refractivity contribution in [3.63, 3.8) is 0 Å². The van der Waals surface area contributed by atoms with E-state index in [1.165, 1.54) is 0 Å². The Morgan fingerprint density at radius 2 is 1.88 bits per heavy atom. The summed E-state index contributed by atoms with van der Waals surface area (Å²) in [5, 5.41) is 2.89. The van der Waals surface area contributed by atoms with Crippen molar-refractivity contribution in [1.82, 2.24) is 0 Å². The number of carbonyl (C=O) groups excluding carboxylic acids is 1. The first-order chi connectivity index (χ1) is 11.2. The molecule has 130 valence electrons. The Bertz CT molecular complexity index is 650. The molecule has 24 heavy (non-hydrogen) atoms. The molecule has 5 nitrogen and oxygen atoms in total. The molecule has 0 spiro atoms. The van der Waals surface area contributed by atoms with Crippen molar-refractivity contribution in [3.8, 4) is 11.5 Å². The molecule has 0 aliphatic carbocycles. The first-order valence-electron chi connectivity index (χ1n) is 7.56. The summed E-state index contributed by atoms with van der Waals surface area (Å²) in [5.41, 5.74) is 7.32. The van der Waals surface area contributed by atoms with E-state index >= 15 is 0 Å². The molecule has 0 radical (unpaired) electrons. The number of hydrogen-bond donors (Lipinski definition) is 2. The third-order valence-electron chi connectivity index (χ3n) is 3.49. The van der Waals surface area contributed by atoms with Gasteiger partial charge in [-0.1, -0.05) is 30.3 Å². The molecule has 0 saturated heterocycles. The molecule has 0 aliphatic heterocycles. The normalized spacial score (nSPS) is 11.1. The molecule has 2 rings (SSSR count). The van der Waals surface area contributed by atoms with E-state index in [1.807, 2.05) is 37.3 Å². The predicted molar refractivity (Wildman–Crippen MR) is 98.3 cm³/mol. The van der Waals surface area contributed by atoms with Gasteiger partial charge in [-0.25, -0.2) is 0 Å². The van der Waals surface area contributed by atoms with Gasteiger partial charge in [-0.15, -0.1) is 12.4 Å². The average Bonchev–Trinajstić information content (AvgIpc) is 2.57. The van der Waals surface area contributed by atoms with Crippen molar-refractivity contribution in [1.29, 1.82) is 0 Å². The molecule has 0 heterocycles. The zero-order valence-corrected chi connectivity index (χ0v) is 14.6. The molecule has 0 saturated carbocycles. The van der Waals surface area contributed by atoms with Gasteiger partial charge in [0.2, 0.25) is 5.91 Å². The number of amides is 1. The smallest absolute Gasteiger partial charge is 0.233 e. The summed E-state index contributed by atoms with van der Waals surface area (Å²) in [4.78, 5) is 12.5. The summed E-state index contributed by atoms with van der Waals surface area (Å²) < 4.78 is 10.8. The van der Waals surface area contributed by atoms with Crippen LogP contribution in [0.4, 0.5) is 5.69 Å². The van der Waals surface area contributed by atoms with Crippen LogP contribution in [0.2, 0.25) is 0 Å². The first kappa shape index (κ1) is 19.8. The number of hydrogen-bond acceptors (Lipinski definition) is 4. The van der Waals surface area contributed by atoms with Gasteiger partial charge in [-0.2, -0.15) is 0 Å². The van der Waals surface area contributed by atoms with Crippen molar-refractivity contribution in [2.75, 3.05) is 25.6 Å². The van der Waals surface area contributed by atoms with Gasteiger partial charge in [0.1, 0.15) is 0 Å². The first-order valence-corrected chi connectivity index (χ1v) is 7.56. The van der Waals surface area contributed by atoms with Gasteiger partial charge in [-0.3, -0.25) is 4.79 Å². The Balaban J connectivity index is 0.00000288. The molecule has 6 heteroatoms. The quantitative estimate of drug-likeness (QED) is 0.804. The van der Waals surface area contributed by atoms with Crippen LogP contribution in [0.1, 0.15) is 18.4 Å². The third-order valence-corrected chi connectivity index (χ3v) is 3.49. The minimum atomic E-state index is -0.395. The van der Waals surface area contributed by atoms with Crippen LogP contribution in [-0.4, -0.2) is 26.2 Å². The van der Waals surface area contributed by atoms with Crippen molar-refractivity contribution in [2.24, 2.45) is 5.73 Å². The van der Waals surface area contributed by atoms with Crippen molar-refractivity contribution in [2.45, 2.75) is 12.8 Å². The van der Waals surface area contributed by atoms with Crippen LogP contribution < -0.4 is 20.5 Å². The van der Waals surface area contributed by atoms with Crippen LogP contribution in [-0.2, 0) is 4.79 Å². The molecule has 1 atom stereocenters. The molecule has 0 fully saturated rings. The summed E-state index contributed by atoms with van der Waals surface area (Å²) in [6.45, 7) is 2.65. The third kappa shape index (κ3) is 4.88. The number of nitrogens with one attached hydrogen (secondary N) is 1. The minimum absolute atomic E-state index is 0. The average molecular weight is 351 g/mol. The fourth-order valence-electron chi connectivity index (χ4n) is 2.33. The van der Waals surface area contributed by atoms with Crippen LogP contribution in [0.25, 0.3) is 0 Å². The lowest BCUT2D eigenvalue weighted by Gasteiger charge is -2.16. The molecular formula is C18H23ClN2O3. The van der Waals surface area contributed by atoms with E-state index in [0.717, 1.165) is 5.56 Å². The molecule has 2 aromatic carbocycles. The maximum absolute atomic E-state index is 12.5. The van der Waals surface area contributed by atoms with Gasteiger partial charge in [0, 0.05) is 18.3 Å². The predicted octanol–water partition coefficient (Wildman–Crippen LogP) is 3.20. The van der Waals surface area contributed by atoms with Gasteiger partial charge in [0.15, 0.2) is 11.5 Å². The van der Waals surface area contributed by atoms with Crippen LogP contribution in [0.3, 0.4) is 0 Å². The summed E-state index contributed by atoms with van der Waals surface area (Å²) >= 11 is 0. The number of anilines is 1. The number of methoxy groups -OCH3 is 1. The monoisotopic (exact) mass is 350 g/mol. The second-order valence-corrected chi connectivity index (χ2v) is 4.99. The van der Waals surface area contributed by atoms with Gasteiger partial charge >= 0.3 is 0 Å². The Morgan fingerprint density at radius 1 is 1.17 bits per heavy atom. The van der Waals surface area contributed by atoms with E-state index in [9.17, 15) is 4.79 Å². The second kappa shape index (κ2) is 9.80. The summed E-state index contributed by atoms with van der Waals surface area (Å²) in [5.74, 6) is 0.681. The van der Waals surface area contributed by atoms with Gasteiger partial charge < -0.3 is 20.5 Å². The second-order valence-electron chi connectivity index (χ2n) is 4.99. The van der Waals surface area contributed by atoms with E-state index in [4.69, 9.17) is 15.2 Å². The summed E-state index contributed by atoms with van der Waals surface area (Å²) in [7, 11) is 1.58. The van der Waals surface area contributed by atoms with Crippen molar-refractivity contribution in [3.05, 3.63) is 54.1 Å². The van der Waals surface area contributed by atoms with E-state index in [0.29, 0.717) is 23.8 Å². The molecule has 1 unspecified atom stereocenters. The fourth-order valence-corrected chi connectivity index (χ4v) is 2.33. The number of benzene rings is 2. The highest BCUT2D eigenvalue weighted by atomic mass is 35.5. The highest BCUT2D eigenvalue weighted by Gasteiger charge is 2.19. The van der Waals surface area contributed by atoms with Crippen LogP contribution >= 0.6 is 12.4 Å². The number of ether oxygens (including phenoxy) is 2. The van der Waals surface area contributed by atoms with Gasteiger partial charge in [-0.05, 0) is 24.6 Å². The summed E-state index contributed by atoms with van der Waals surface area (Å²) in [6.07, 6.45) is 0. The molecule has 0 aromatic heterocycles. The highest BCUT2D eigenvalue weighted by molar-refractivity contribution is 5.96. The van der Waals surface area contributed by atoms with Crippen LogP contribution in [0, 0.1) is 0 Å². The number of nitrogens with two attached hydrogens (primary N) is 1. The number of rotatable bonds is 7. The standard InChI is InChI=1S/C18H22N2O3.ClH/c1-3-23-17-11-14(9-10-16(17)22-2)20-18(21)15(12-19)13-7-5-4-6-8-13;/h4-11,15H,3,12,19H2,1-2H3,(H,20,21);1H. The van der Waals surface area contributed by atoms with Gasteiger partial charge in [0.25, 0.3) is 0 Å². The van der Waals surface area contributed by atoms with E-state index in [2.05, 4.69) is 5.32 Å². The van der Waals surface area contributed by atoms with Crippen molar-refractivity contribution >= 4 is 24.0 Å². The largest absolute Gasteiger partial charge is 0.493 e. The topological polar surface area (TPSA) is 73.6 Å². The zero-order chi connectivity index (χ0) is 16.7. The SMILES string of the molecule is CCOc1cc(NC(=O)C(CN)c2ccccc2)ccc1OC.Cl. The fraction of sp³-hybridized carbons (Fsp3) is 0.278. The molecule has 0 aliphatic rings. The maximum atomic E-state index is 12.5. The molecular weight excluding hydrogens is 328 g/mol. The van der Waals surface area contributed by atoms with Crippen molar-refractivity contribution < 1.29 is 14.3 Å². The van der Waals surface area contributed by atoms with E-state index in [-0.39, 0.29) is 24.9 Å². The highest BCUT2D eigenvalue weighted by Crippen LogP contribution is 2.30. The molecule has 2 aromatic rings. The Hall–Kier alpha value is -2.24. The molecule has 3 N–H and O–H groups in total. The molecule has 1 amide bonds. The number of carbonyl (C=O) groups is 1. The lowest BCUT2D eigenvalue weighted by molar-refractivity contribution is -0.117. The molecule has 0 bridgehead atoms. The maximum Gasteiger partial charge on any atom is 0.233 e. The van der Waals surface area contributed by atoms with E-state index in [1.54, 1.807) is 25.3 Å². The Morgan fingerprint density at radius 3 is 2.46 bits per heavy atom. The number of halogens is 1. The lowest BCUT2D eigenvalue weighted by Crippen LogP contribution is -2.27. The van der Waals surface area contributed by atoms with Crippen LogP contribution in [0.5, 0.6) is 11.5 Å². The van der Waals surface area contributed by atoms with E-state index < -0.39 is 5.92 Å². The Labute approximate surface area is 148 Å². The van der Waals surface area contributed by atoms with Gasteiger partial charge in [0.05, 0.1) is 19.6 Å². The minimum Gasteiger partial charge on any atom is -0.493 e. The summed E-state index contributed by atoms with van der Waals surface area (Å²) in [6, 6.07) is 14.8.